The van der Waals surface area contributed by atoms with Gasteiger partial charge >= 0.3 is 11.9 Å². The largest absolute Gasteiger partial charge is 0.468 e. The van der Waals surface area contributed by atoms with E-state index in [1.807, 2.05) is 37.3 Å². The Bertz CT molecular complexity index is 1570. The number of carbonyl (C=O) groups is 6. The Balaban J connectivity index is 1.61. The summed E-state index contributed by atoms with van der Waals surface area (Å²) in [6.07, 6.45) is 4.28. The van der Waals surface area contributed by atoms with Crippen LogP contribution >= 0.6 is 0 Å². The molecular formula is C37H46N4O10. The van der Waals surface area contributed by atoms with Crippen LogP contribution in [0, 0.1) is 5.92 Å². The van der Waals surface area contributed by atoms with Crippen LogP contribution in [0.1, 0.15) is 72.4 Å². The summed E-state index contributed by atoms with van der Waals surface area (Å²) in [4.78, 5) is 81.8. The van der Waals surface area contributed by atoms with Crippen molar-refractivity contribution in [2.24, 2.45) is 5.92 Å². The lowest BCUT2D eigenvalue weighted by Gasteiger charge is -2.32. The average Bonchev–Trinajstić information content (AvgIpc) is 3.66. The number of hydrogen-bond donors (Lipinski definition) is 2. The van der Waals surface area contributed by atoms with Crippen molar-refractivity contribution < 1.29 is 47.5 Å². The topological polar surface area (TPSA) is 174 Å². The molecule has 0 aliphatic carbocycles. The van der Waals surface area contributed by atoms with E-state index in [1.165, 1.54) is 37.5 Å². The minimum atomic E-state index is -0.699. The summed E-state index contributed by atoms with van der Waals surface area (Å²) in [5.74, 6) is -3.10. The minimum Gasteiger partial charge on any atom is -0.468 e. The highest BCUT2D eigenvalue weighted by Crippen LogP contribution is 2.24. The lowest BCUT2D eigenvalue weighted by molar-refractivity contribution is -0.200. The molecule has 1 aromatic heterocycles. The van der Waals surface area contributed by atoms with Crippen molar-refractivity contribution >= 4 is 36.1 Å². The fraction of sp³-hybridized carbons (Fsp3) is 0.405. The van der Waals surface area contributed by atoms with Gasteiger partial charge in [0.15, 0.2) is 5.76 Å². The first-order chi connectivity index (χ1) is 24.6. The van der Waals surface area contributed by atoms with E-state index < -0.39 is 48.8 Å². The van der Waals surface area contributed by atoms with Crippen LogP contribution in [0.5, 0.6) is 0 Å². The van der Waals surface area contributed by atoms with Crippen molar-refractivity contribution in [3.8, 4) is 11.3 Å². The number of unbranched alkanes of at least 4 members (excludes halogenated alkanes) is 2. The van der Waals surface area contributed by atoms with E-state index in [4.69, 9.17) is 9.25 Å². The molecule has 0 aliphatic rings. The third-order valence-corrected chi connectivity index (χ3v) is 8.13. The predicted octanol–water partition coefficient (Wildman–Crippen LogP) is 4.10. The molecule has 14 heteroatoms. The van der Waals surface area contributed by atoms with Crippen LogP contribution in [0.2, 0.25) is 0 Å². The fourth-order valence-electron chi connectivity index (χ4n) is 5.33. The number of furan rings is 1. The van der Waals surface area contributed by atoms with Gasteiger partial charge in [-0.1, -0.05) is 75.6 Å². The van der Waals surface area contributed by atoms with E-state index in [-0.39, 0.29) is 30.5 Å². The van der Waals surface area contributed by atoms with Gasteiger partial charge in [-0.15, -0.1) is 0 Å². The summed E-state index contributed by atoms with van der Waals surface area (Å²) in [5, 5.41) is 6.62. The van der Waals surface area contributed by atoms with Crippen LogP contribution in [0.4, 0.5) is 0 Å². The molecule has 1 heterocycles. The molecule has 2 unspecified atom stereocenters. The number of rotatable bonds is 21. The molecule has 14 nitrogen and oxygen atoms in total. The van der Waals surface area contributed by atoms with Gasteiger partial charge in [-0.3, -0.25) is 33.6 Å². The van der Waals surface area contributed by atoms with Gasteiger partial charge in [-0.2, -0.15) is 0 Å². The first-order valence-electron chi connectivity index (χ1n) is 16.7. The lowest BCUT2D eigenvalue weighted by atomic mass is 9.90. The van der Waals surface area contributed by atoms with Crippen molar-refractivity contribution in [1.82, 2.24) is 20.6 Å². The summed E-state index contributed by atoms with van der Waals surface area (Å²) in [6.45, 7) is 3.07. The second-order valence-electron chi connectivity index (χ2n) is 11.6. The van der Waals surface area contributed by atoms with Crippen LogP contribution < -0.4 is 10.6 Å². The zero-order chi connectivity index (χ0) is 37.2. The number of carbonyl (C=O) groups excluding carboxylic acids is 6. The Morgan fingerprint density at radius 2 is 1.51 bits per heavy atom. The third kappa shape index (κ3) is 12.1. The molecule has 3 aromatic rings. The molecule has 274 valence electrons. The molecule has 2 aromatic carbocycles. The van der Waals surface area contributed by atoms with Gasteiger partial charge in [0.1, 0.15) is 25.5 Å². The second kappa shape index (κ2) is 20.9. The Kier molecular flexibility index (Phi) is 16.4. The maximum atomic E-state index is 13.4. The van der Waals surface area contributed by atoms with E-state index in [9.17, 15) is 28.8 Å². The smallest absolute Gasteiger partial charge is 0.325 e. The molecule has 0 spiro atoms. The number of hydroxylamine groups is 2. The number of hydrogen-bond acceptors (Lipinski definition) is 10. The summed E-state index contributed by atoms with van der Waals surface area (Å²) in [7, 11) is 2.35. The summed E-state index contributed by atoms with van der Waals surface area (Å²) >= 11 is 0. The van der Waals surface area contributed by atoms with Crippen molar-refractivity contribution in [1.29, 1.82) is 0 Å². The molecule has 2 atom stereocenters. The number of esters is 2. The highest BCUT2D eigenvalue weighted by Gasteiger charge is 2.32. The first kappa shape index (κ1) is 39.9. The highest BCUT2D eigenvalue weighted by molar-refractivity contribution is 5.98. The van der Waals surface area contributed by atoms with E-state index in [2.05, 4.69) is 27.0 Å². The molecule has 2 N–H and O–H groups in total. The summed E-state index contributed by atoms with van der Waals surface area (Å²) < 4.78 is 15.0. The zero-order valence-corrected chi connectivity index (χ0v) is 29.4. The molecular weight excluding hydrogens is 660 g/mol. The van der Waals surface area contributed by atoms with E-state index in [0.717, 1.165) is 29.7 Å². The van der Waals surface area contributed by atoms with Crippen LogP contribution in [0.3, 0.4) is 0 Å². The molecule has 3 rings (SSSR count). The van der Waals surface area contributed by atoms with Crippen molar-refractivity contribution in [2.75, 3.05) is 34.0 Å². The molecule has 0 fully saturated rings. The summed E-state index contributed by atoms with van der Waals surface area (Å²) in [6, 6.07) is 18.2. The van der Waals surface area contributed by atoms with Gasteiger partial charge in [0.2, 0.25) is 12.3 Å². The average molecular weight is 707 g/mol. The van der Waals surface area contributed by atoms with Crippen molar-refractivity contribution in [2.45, 2.75) is 58.6 Å². The monoisotopic (exact) mass is 706 g/mol. The number of methoxy groups -OCH3 is 2. The van der Waals surface area contributed by atoms with Gasteiger partial charge < -0.3 is 29.4 Å². The van der Waals surface area contributed by atoms with Gasteiger partial charge in [0.25, 0.3) is 11.8 Å². The molecule has 0 radical (unpaired) electrons. The Morgan fingerprint density at radius 3 is 2.10 bits per heavy atom. The third-order valence-electron chi connectivity index (χ3n) is 8.13. The Labute approximate surface area is 297 Å². The van der Waals surface area contributed by atoms with E-state index in [1.54, 1.807) is 18.2 Å². The number of nitrogens with zero attached hydrogens (tertiary/aromatic N) is 2. The minimum absolute atomic E-state index is 0.00546. The van der Waals surface area contributed by atoms with E-state index >= 15 is 0 Å². The first-order valence-corrected chi connectivity index (χ1v) is 16.7. The maximum Gasteiger partial charge on any atom is 0.325 e. The highest BCUT2D eigenvalue weighted by atomic mass is 16.7. The molecule has 0 saturated heterocycles. The zero-order valence-electron chi connectivity index (χ0n) is 29.4. The normalized spacial score (nSPS) is 11.8. The lowest BCUT2D eigenvalue weighted by Crippen LogP contribution is -2.48. The molecule has 0 saturated carbocycles. The van der Waals surface area contributed by atoms with Crippen LogP contribution in [0.15, 0.2) is 71.1 Å². The number of ether oxygens (including phenoxy) is 2. The molecule has 51 heavy (non-hydrogen) atoms. The summed E-state index contributed by atoms with van der Waals surface area (Å²) in [5.41, 5.74) is 1.64. The van der Waals surface area contributed by atoms with Gasteiger partial charge in [-0.05, 0) is 42.7 Å². The van der Waals surface area contributed by atoms with Crippen molar-refractivity contribution in [3.63, 3.8) is 0 Å². The predicted molar refractivity (Wildman–Crippen MR) is 185 cm³/mol. The van der Waals surface area contributed by atoms with Crippen LogP contribution in [-0.2, 0) is 40.1 Å². The molecule has 0 aliphatic heterocycles. The van der Waals surface area contributed by atoms with Gasteiger partial charge in [0.05, 0.1) is 32.8 Å². The Hall–Kier alpha value is -5.50. The number of amides is 4. The van der Waals surface area contributed by atoms with Crippen LogP contribution in [-0.4, -0.2) is 86.1 Å². The number of nitrogens with one attached hydrogen (secondary N) is 2. The molecule has 4 amide bonds. The van der Waals surface area contributed by atoms with E-state index in [0.29, 0.717) is 30.6 Å². The second-order valence-corrected chi connectivity index (χ2v) is 11.6. The quantitative estimate of drug-likeness (QED) is 0.0540. The Morgan fingerprint density at radius 1 is 0.843 bits per heavy atom. The van der Waals surface area contributed by atoms with Crippen molar-refractivity contribution in [3.05, 3.63) is 83.6 Å². The maximum absolute atomic E-state index is 13.4. The SMILES string of the molecule is CCCCCC(C(=O)NCNC(=O)c1ccc(-c2ccc(C(=O)N(CC(=O)OC)CC(=O)OC)cc2)o1)C(CC)N(C=O)OCc1ccccc1. The van der Waals surface area contributed by atoms with Gasteiger partial charge in [0, 0.05) is 11.1 Å². The van der Waals surface area contributed by atoms with Gasteiger partial charge in [-0.25, -0.2) is 5.06 Å². The molecule has 0 bridgehead atoms. The standard InChI is InChI=1S/C37H46N4O10/c1-5-7-9-14-29(30(6-2)41(25-42)50-23-26-12-10-8-11-13-26)35(45)38-24-39-36(46)32-20-19-31(51-32)27-15-17-28(18-16-27)37(47)40(21-33(43)48-3)22-34(44)49-4/h8,10-13,15-20,25,29-30H,5-7,9,14,21-24H2,1-4H3,(H,38,45)(H,39,46). The fourth-order valence-corrected chi connectivity index (χ4v) is 5.33. The number of benzene rings is 2. The van der Waals surface area contributed by atoms with Crippen LogP contribution in [0.25, 0.3) is 11.3 Å².